The van der Waals surface area contributed by atoms with Gasteiger partial charge in [-0.3, -0.25) is 4.79 Å². The van der Waals surface area contributed by atoms with Crippen LogP contribution in [0.3, 0.4) is 0 Å². The molecule has 6 nitrogen and oxygen atoms in total. The Balaban J connectivity index is 1.66. The highest BCUT2D eigenvalue weighted by Gasteiger charge is 2.31. The average Bonchev–Trinajstić information content (AvgIpc) is 2.78. The van der Waals surface area contributed by atoms with E-state index >= 15 is 0 Å². The Bertz CT molecular complexity index is 1000. The van der Waals surface area contributed by atoms with Crippen molar-refractivity contribution in [3.05, 3.63) is 72.3 Å². The molecule has 0 aromatic heterocycles. The summed E-state index contributed by atoms with van der Waals surface area (Å²) >= 11 is 0. The second-order valence-corrected chi connectivity index (χ2v) is 9.78. The molecule has 0 spiro atoms. The van der Waals surface area contributed by atoms with Gasteiger partial charge in [0.15, 0.2) is 0 Å². The Kier molecular flexibility index (Phi) is 7.51. The van der Waals surface area contributed by atoms with E-state index in [1.54, 1.807) is 34.5 Å². The Morgan fingerprint density at radius 1 is 1.16 bits per heavy atom. The third kappa shape index (κ3) is 5.54. The maximum Gasteiger partial charge on any atom is 0.253 e. The number of rotatable bonds is 8. The Morgan fingerprint density at radius 3 is 2.45 bits per heavy atom. The van der Waals surface area contributed by atoms with Crippen molar-refractivity contribution in [3.63, 3.8) is 0 Å². The predicted octanol–water partition coefficient (Wildman–Crippen LogP) is 4.09. The number of piperidine rings is 1. The summed E-state index contributed by atoms with van der Waals surface area (Å²) in [6.45, 7) is 6.99. The zero-order valence-corrected chi connectivity index (χ0v) is 19.0. The number of benzene rings is 2. The van der Waals surface area contributed by atoms with Crippen LogP contribution in [-0.2, 0) is 16.6 Å². The smallest absolute Gasteiger partial charge is 0.253 e. The summed E-state index contributed by atoms with van der Waals surface area (Å²) in [5.41, 5.74) is 1.43. The fourth-order valence-electron chi connectivity index (χ4n) is 3.75. The lowest BCUT2D eigenvalue weighted by atomic mass is 10.1. The molecule has 0 radical (unpaired) electrons. The quantitative estimate of drug-likeness (QED) is 0.578. The van der Waals surface area contributed by atoms with Crippen LogP contribution in [0.2, 0.25) is 0 Å². The first-order valence-electron chi connectivity index (χ1n) is 10.5. The molecule has 1 fully saturated rings. The number of hydrogen-bond acceptors (Lipinski definition) is 4. The van der Waals surface area contributed by atoms with Gasteiger partial charge in [0, 0.05) is 31.7 Å². The molecule has 1 unspecified atom stereocenters. The largest absolute Gasteiger partial charge is 0.490 e. The van der Waals surface area contributed by atoms with Gasteiger partial charge in [0.2, 0.25) is 10.0 Å². The minimum absolute atomic E-state index is 0.000231. The first-order valence-corrected chi connectivity index (χ1v) is 12.0. The highest BCUT2D eigenvalue weighted by atomic mass is 32.2. The fourth-order valence-corrected chi connectivity index (χ4v) is 5.45. The van der Waals surface area contributed by atoms with Crippen molar-refractivity contribution < 1.29 is 17.9 Å². The number of hydrogen-bond donors (Lipinski definition) is 0. The Hall–Kier alpha value is -2.64. The molecule has 1 saturated heterocycles. The first kappa shape index (κ1) is 23.0. The molecule has 1 aliphatic rings. The van der Waals surface area contributed by atoms with Crippen LogP contribution in [0.5, 0.6) is 5.75 Å². The molecule has 2 aromatic rings. The number of ether oxygens (including phenoxy) is 1. The standard InChI is InChI=1S/C24H30N2O4S/c1-4-17-30-22-12-8-20(9-13-22)18-25(3)24(27)21-10-14-23(15-11-21)31(28,29)26-16-6-5-7-19(26)2/h4,8-15,19H,1,5-7,16-18H2,2-3H3. The second kappa shape index (κ2) is 10.1. The maximum atomic E-state index is 13.0. The molecule has 3 rings (SSSR count). The Labute approximate surface area is 185 Å². The van der Waals surface area contributed by atoms with E-state index in [-0.39, 0.29) is 16.8 Å². The normalized spacial score (nSPS) is 17.2. The molecule has 1 atom stereocenters. The van der Waals surface area contributed by atoms with Gasteiger partial charge in [-0.05, 0) is 61.7 Å². The molecule has 7 heteroatoms. The molecule has 0 aliphatic carbocycles. The summed E-state index contributed by atoms with van der Waals surface area (Å²) in [7, 11) is -1.82. The molecule has 1 heterocycles. The zero-order chi connectivity index (χ0) is 22.4. The van der Waals surface area contributed by atoms with Crippen molar-refractivity contribution in [2.24, 2.45) is 0 Å². The molecular weight excluding hydrogens is 412 g/mol. The molecule has 1 aliphatic heterocycles. The van der Waals surface area contributed by atoms with Crippen LogP contribution in [0.4, 0.5) is 0 Å². The van der Waals surface area contributed by atoms with Gasteiger partial charge in [0.1, 0.15) is 12.4 Å². The van der Waals surface area contributed by atoms with E-state index in [9.17, 15) is 13.2 Å². The molecule has 0 saturated carbocycles. The molecule has 0 N–H and O–H groups in total. The third-order valence-corrected chi connectivity index (χ3v) is 7.54. The summed E-state index contributed by atoms with van der Waals surface area (Å²) < 4.78 is 33.0. The lowest BCUT2D eigenvalue weighted by molar-refractivity contribution is 0.0785. The summed E-state index contributed by atoms with van der Waals surface area (Å²) in [6, 6.07) is 13.8. The summed E-state index contributed by atoms with van der Waals surface area (Å²) in [5, 5.41) is 0. The fraction of sp³-hybridized carbons (Fsp3) is 0.375. The molecule has 31 heavy (non-hydrogen) atoms. The lowest BCUT2D eigenvalue weighted by Crippen LogP contribution is -2.41. The van der Waals surface area contributed by atoms with E-state index in [1.165, 1.54) is 12.1 Å². The Morgan fingerprint density at radius 2 is 1.84 bits per heavy atom. The van der Waals surface area contributed by atoms with Gasteiger partial charge < -0.3 is 9.64 Å². The minimum Gasteiger partial charge on any atom is -0.490 e. The van der Waals surface area contributed by atoms with Gasteiger partial charge in [0.25, 0.3) is 5.91 Å². The van der Waals surface area contributed by atoms with Crippen molar-refractivity contribution in [1.82, 2.24) is 9.21 Å². The predicted molar refractivity (Wildman–Crippen MR) is 122 cm³/mol. The molecule has 2 aromatic carbocycles. The zero-order valence-electron chi connectivity index (χ0n) is 18.2. The van der Waals surface area contributed by atoms with Crippen LogP contribution in [0.15, 0.2) is 66.1 Å². The van der Waals surface area contributed by atoms with Crippen LogP contribution in [0.1, 0.15) is 42.1 Å². The van der Waals surface area contributed by atoms with Crippen LogP contribution < -0.4 is 4.74 Å². The summed E-state index contributed by atoms with van der Waals surface area (Å²) in [6.07, 6.45) is 4.50. The van der Waals surface area contributed by atoms with Crippen molar-refractivity contribution in [3.8, 4) is 5.75 Å². The van der Waals surface area contributed by atoms with E-state index in [2.05, 4.69) is 6.58 Å². The topological polar surface area (TPSA) is 66.9 Å². The van der Waals surface area contributed by atoms with Gasteiger partial charge in [-0.15, -0.1) is 0 Å². The van der Waals surface area contributed by atoms with Crippen molar-refractivity contribution in [2.45, 2.75) is 43.7 Å². The number of carbonyl (C=O) groups is 1. The highest BCUT2D eigenvalue weighted by Crippen LogP contribution is 2.25. The number of amides is 1. The van der Waals surface area contributed by atoms with Crippen molar-refractivity contribution >= 4 is 15.9 Å². The summed E-state index contributed by atoms with van der Waals surface area (Å²) in [4.78, 5) is 14.6. The van der Waals surface area contributed by atoms with Crippen LogP contribution >= 0.6 is 0 Å². The number of sulfonamides is 1. The summed E-state index contributed by atoms with van der Waals surface area (Å²) in [5.74, 6) is 0.583. The van der Waals surface area contributed by atoms with Crippen molar-refractivity contribution in [1.29, 1.82) is 0 Å². The van der Waals surface area contributed by atoms with Gasteiger partial charge >= 0.3 is 0 Å². The van der Waals surface area contributed by atoms with Crippen molar-refractivity contribution in [2.75, 3.05) is 20.2 Å². The van der Waals surface area contributed by atoms with Crippen LogP contribution in [-0.4, -0.2) is 49.8 Å². The van der Waals surface area contributed by atoms with E-state index in [4.69, 9.17) is 4.74 Å². The van der Waals surface area contributed by atoms with Gasteiger partial charge in [-0.25, -0.2) is 8.42 Å². The van der Waals surface area contributed by atoms with Crippen LogP contribution in [0.25, 0.3) is 0 Å². The molecule has 0 bridgehead atoms. The van der Waals surface area contributed by atoms with E-state index in [0.717, 1.165) is 30.6 Å². The van der Waals surface area contributed by atoms with E-state index < -0.39 is 10.0 Å². The monoisotopic (exact) mass is 442 g/mol. The molecular formula is C24H30N2O4S. The van der Waals surface area contributed by atoms with E-state index in [0.29, 0.717) is 25.3 Å². The first-order chi connectivity index (χ1) is 14.8. The second-order valence-electron chi connectivity index (χ2n) is 7.89. The van der Waals surface area contributed by atoms with Gasteiger partial charge in [0.05, 0.1) is 4.90 Å². The lowest BCUT2D eigenvalue weighted by Gasteiger charge is -2.32. The SMILES string of the molecule is C=CCOc1ccc(CN(C)C(=O)c2ccc(S(=O)(=O)N3CCCCC3C)cc2)cc1. The van der Waals surface area contributed by atoms with Gasteiger partial charge in [-0.1, -0.05) is 31.2 Å². The number of nitrogens with zero attached hydrogens (tertiary/aromatic N) is 2. The highest BCUT2D eigenvalue weighted by molar-refractivity contribution is 7.89. The van der Waals surface area contributed by atoms with E-state index in [1.807, 2.05) is 31.2 Å². The average molecular weight is 443 g/mol. The van der Waals surface area contributed by atoms with Crippen LogP contribution in [0, 0.1) is 0 Å². The van der Waals surface area contributed by atoms with Gasteiger partial charge in [-0.2, -0.15) is 4.31 Å². The molecule has 1 amide bonds. The maximum absolute atomic E-state index is 13.0. The third-order valence-electron chi connectivity index (χ3n) is 5.51. The minimum atomic E-state index is -3.54. The molecule has 166 valence electrons. The number of carbonyl (C=O) groups excluding carboxylic acids is 1.